The Morgan fingerprint density at radius 2 is 1.75 bits per heavy atom. The zero-order valence-corrected chi connectivity index (χ0v) is 12.6. The van der Waals surface area contributed by atoms with E-state index in [4.69, 9.17) is 0 Å². The van der Waals surface area contributed by atoms with Crippen molar-refractivity contribution in [3.63, 3.8) is 0 Å². The van der Waals surface area contributed by atoms with E-state index in [9.17, 15) is 4.79 Å². The highest BCUT2D eigenvalue weighted by Gasteiger charge is 2.18. The Morgan fingerprint density at radius 3 is 2.25 bits per heavy atom. The molecular weight excluding hydrogens is 252 g/mol. The largest absolute Gasteiger partial charge is 0.321 e. The summed E-state index contributed by atoms with van der Waals surface area (Å²) in [6.45, 7) is 10.0. The standard InChI is InChI=1S/C15H20N4O/c1-10-6-11(2)8-12(7-10)16-14(20)13-9-19(18-17-13)15(3,4)5/h6-9H,1-5H3,(H,16,20). The van der Waals surface area contributed by atoms with Crippen molar-refractivity contribution in [2.45, 2.75) is 40.2 Å². The molecule has 20 heavy (non-hydrogen) atoms. The van der Waals surface area contributed by atoms with Gasteiger partial charge in [-0.25, -0.2) is 4.68 Å². The highest BCUT2D eigenvalue weighted by Crippen LogP contribution is 2.16. The molecule has 106 valence electrons. The second-order valence-electron chi connectivity index (χ2n) is 6.05. The van der Waals surface area contributed by atoms with Gasteiger partial charge in [-0.15, -0.1) is 5.10 Å². The average Bonchev–Trinajstić information content (AvgIpc) is 2.75. The van der Waals surface area contributed by atoms with Crippen molar-refractivity contribution in [1.29, 1.82) is 0 Å². The molecule has 1 aromatic carbocycles. The molecule has 5 nitrogen and oxygen atoms in total. The van der Waals surface area contributed by atoms with Crippen LogP contribution in [0.2, 0.25) is 0 Å². The lowest BCUT2D eigenvalue weighted by molar-refractivity contribution is 0.102. The molecule has 1 N–H and O–H groups in total. The van der Waals surface area contributed by atoms with E-state index in [0.717, 1.165) is 16.8 Å². The third-order valence-corrected chi connectivity index (χ3v) is 2.89. The zero-order chi connectivity index (χ0) is 14.9. The number of aromatic nitrogens is 3. The molecule has 0 unspecified atom stereocenters. The molecule has 0 fully saturated rings. The van der Waals surface area contributed by atoms with Crippen molar-refractivity contribution in [3.8, 4) is 0 Å². The summed E-state index contributed by atoms with van der Waals surface area (Å²) >= 11 is 0. The Bertz CT molecular complexity index is 617. The van der Waals surface area contributed by atoms with Crippen LogP contribution in [0, 0.1) is 13.8 Å². The van der Waals surface area contributed by atoms with Crippen LogP contribution in [-0.4, -0.2) is 20.9 Å². The number of rotatable bonds is 2. The van der Waals surface area contributed by atoms with Gasteiger partial charge < -0.3 is 5.32 Å². The first kappa shape index (κ1) is 14.2. The Hall–Kier alpha value is -2.17. The summed E-state index contributed by atoms with van der Waals surface area (Å²) in [5.41, 5.74) is 3.13. The number of hydrogen-bond donors (Lipinski definition) is 1. The number of amides is 1. The van der Waals surface area contributed by atoms with E-state index in [-0.39, 0.29) is 11.4 Å². The molecule has 0 saturated carbocycles. The van der Waals surface area contributed by atoms with Crippen molar-refractivity contribution in [1.82, 2.24) is 15.0 Å². The normalized spacial score (nSPS) is 11.4. The fourth-order valence-electron chi connectivity index (χ4n) is 1.94. The minimum Gasteiger partial charge on any atom is -0.321 e. The second-order valence-corrected chi connectivity index (χ2v) is 6.05. The second kappa shape index (κ2) is 5.07. The van der Waals surface area contributed by atoms with E-state index in [2.05, 4.69) is 21.7 Å². The molecule has 0 aliphatic carbocycles. The van der Waals surface area contributed by atoms with Gasteiger partial charge in [0.15, 0.2) is 5.69 Å². The molecule has 0 saturated heterocycles. The predicted molar refractivity (Wildman–Crippen MR) is 78.9 cm³/mol. The molecule has 1 heterocycles. The van der Waals surface area contributed by atoms with Crippen LogP contribution in [-0.2, 0) is 5.54 Å². The lowest BCUT2D eigenvalue weighted by Crippen LogP contribution is -2.22. The predicted octanol–water partition coefficient (Wildman–Crippen LogP) is 2.90. The maximum absolute atomic E-state index is 12.2. The van der Waals surface area contributed by atoms with Gasteiger partial charge in [0.25, 0.3) is 5.91 Å². The third-order valence-electron chi connectivity index (χ3n) is 2.89. The maximum atomic E-state index is 12.2. The van der Waals surface area contributed by atoms with E-state index in [1.54, 1.807) is 10.9 Å². The quantitative estimate of drug-likeness (QED) is 0.914. The fourth-order valence-corrected chi connectivity index (χ4v) is 1.94. The van der Waals surface area contributed by atoms with E-state index >= 15 is 0 Å². The molecule has 0 aliphatic heterocycles. The Balaban J connectivity index is 2.18. The summed E-state index contributed by atoms with van der Waals surface area (Å²) in [5, 5.41) is 10.8. The number of hydrogen-bond acceptors (Lipinski definition) is 3. The van der Waals surface area contributed by atoms with Gasteiger partial charge >= 0.3 is 0 Å². The zero-order valence-electron chi connectivity index (χ0n) is 12.6. The Morgan fingerprint density at radius 1 is 1.15 bits per heavy atom. The molecule has 0 atom stereocenters. The number of nitrogens with one attached hydrogen (secondary N) is 1. The van der Waals surface area contributed by atoms with Crippen molar-refractivity contribution >= 4 is 11.6 Å². The van der Waals surface area contributed by atoms with Gasteiger partial charge in [0, 0.05) is 5.69 Å². The molecular formula is C15H20N4O. The molecule has 1 amide bonds. The molecule has 2 rings (SSSR count). The van der Waals surface area contributed by atoms with Gasteiger partial charge in [0.2, 0.25) is 0 Å². The fraction of sp³-hybridized carbons (Fsp3) is 0.400. The summed E-state index contributed by atoms with van der Waals surface area (Å²) in [7, 11) is 0. The van der Waals surface area contributed by atoms with Crippen LogP contribution in [0.15, 0.2) is 24.4 Å². The smallest absolute Gasteiger partial charge is 0.277 e. The highest BCUT2D eigenvalue weighted by molar-refractivity contribution is 6.02. The van der Waals surface area contributed by atoms with Gasteiger partial charge in [0.1, 0.15) is 0 Å². The third kappa shape index (κ3) is 3.23. The number of benzene rings is 1. The molecule has 0 radical (unpaired) electrons. The molecule has 0 aliphatic rings. The van der Waals surface area contributed by atoms with Crippen LogP contribution >= 0.6 is 0 Å². The van der Waals surface area contributed by atoms with Crippen LogP contribution in [0.5, 0.6) is 0 Å². The molecule has 2 aromatic rings. The van der Waals surface area contributed by atoms with Gasteiger partial charge in [-0.05, 0) is 57.9 Å². The first-order chi connectivity index (χ1) is 9.25. The van der Waals surface area contributed by atoms with Crippen molar-refractivity contribution in [2.75, 3.05) is 5.32 Å². The van der Waals surface area contributed by atoms with Crippen molar-refractivity contribution in [3.05, 3.63) is 41.2 Å². The van der Waals surface area contributed by atoms with E-state index < -0.39 is 0 Å². The first-order valence-corrected chi connectivity index (χ1v) is 6.58. The first-order valence-electron chi connectivity index (χ1n) is 6.58. The summed E-state index contributed by atoms with van der Waals surface area (Å²) < 4.78 is 1.68. The van der Waals surface area contributed by atoms with Crippen LogP contribution in [0.1, 0.15) is 42.4 Å². The van der Waals surface area contributed by atoms with Gasteiger partial charge in [-0.1, -0.05) is 11.3 Å². The van der Waals surface area contributed by atoms with Crippen molar-refractivity contribution < 1.29 is 4.79 Å². The van der Waals surface area contributed by atoms with Crippen LogP contribution in [0.25, 0.3) is 0 Å². The molecule has 5 heteroatoms. The number of anilines is 1. The molecule has 1 aromatic heterocycles. The van der Waals surface area contributed by atoms with Crippen LogP contribution in [0.4, 0.5) is 5.69 Å². The monoisotopic (exact) mass is 272 g/mol. The van der Waals surface area contributed by atoms with Crippen molar-refractivity contribution in [2.24, 2.45) is 0 Å². The van der Waals surface area contributed by atoms with Crippen LogP contribution in [0.3, 0.4) is 0 Å². The average molecular weight is 272 g/mol. The van der Waals surface area contributed by atoms with Gasteiger partial charge in [0.05, 0.1) is 11.7 Å². The number of aryl methyl sites for hydroxylation is 2. The van der Waals surface area contributed by atoms with E-state index in [1.807, 2.05) is 46.8 Å². The van der Waals surface area contributed by atoms with Gasteiger partial charge in [-0.3, -0.25) is 4.79 Å². The van der Waals surface area contributed by atoms with Crippen LogP contribution < -0.4 is 5.32 Å². The number of carbonyl (C=O) groups is 1. The lowest BCUT2D eigenvalue weighted by atomic mass is 10.1. The summed E-state index contributed by atoms with van der Waals surface area (Å²) in [5.74, 6) is -0.245. The lowest BCUT2D eigenvalue weighted by Gasteiger charge is -2.17. The van der Waals surface area contributed by atoms with E-state index in [1.165, 1.54) is 0 Å². The molecule has 0 bridgehead atoms. The maximum Gasteiger partial charge on any atom is 0.277 e. The molecule has 0 spiro atoms. The minimum absolute atomic E-state index is 0.189. The number of carbonyl (C=O) groups excluding carboxylic acids is 1. The summed E-state index contributed by atoms with van der Waals surface area (Å²) in [4.78, 5) is 12.2. The highest BCUT2D eigenvalue weighted by atomic mass is 16.2. The minimum atomic E-state index is -0.245. The topological polar surface area (TPSA) is 59.8 Å². The van der Waals surface area contributed by atoms with Gasteiger partial charge in [-0.2, -0.15) is 0 Å². The Kier molecular flexibility index (Phi) is 3.61. The van der Waals surface area contributed by atoms with E-state index in [0.29, 0.717) is 5.69 Å². The Labute approximate surface area is 119 Å². The summed E-state index contributed by atoms with van der Waals surface area (Å²) in [6.07, 6.45) is 1.66. The SMILES string of the molecule is Cc1cc(C)cc(NC(=O)c2cn(C(C)(C)C)nn2)c1. The number of nitrogens with zero attached hydrogens (tertiary/aromatic N) is 3. The summed E-state index contributed by atoms with van der Waals surface area (Å²) in [6, 6.07) is 5.92.